The van der Waals surface area contributed by atoms with E-state index in [1.54, 1.807) is 11.3 Å². The summed E-state index contributed by atoms with van der Waals surface area (Å²) in [5.74, 6) is 0.696. The van der Waals surface area contributed by atoms with Crippen molar-refractivity contribution < 1.29 is 0 Å². The fraction of sp³-hybridized carbons (Fsp3) is 0.500. The lowest BCUT2D eigenvalue weighted by molar-refractivity contribution is 0.553. The predicted octanol–water partition coefficient (Wildman–Crippen LogP) is 3.23. The number of nitrogens with zero attached hydrogens (tertiary/aromatic N) is 2. The van der Waals surface area contributed by atoms with Crippen LogP contribution in [0.3, 0.4) is 0 Å². The van der Waals surface area contributed by atoms with Crippen LogP contribution in [0.2, 0.25) is 0 Å². The molecular formula is C16H23N3S. The van der Waals surface area contributed by atoms with Gasteiger partial charge >= 0.3 is 0 Å². The predicted molar refractivity (Wildman–Crippen MR) is 85.3 cm³/mol. The van der Waals surface area contributed by atoms with Crippen molar-refractivity contribution in [2.45, 2.75) is 33.6 Å². The van der Waals surface area contributed by atoms with E-state index in [0.717, 1.165) is 35.9 Å². The highest BCUT2D eigenvalue weighted by Gasteiger charge is 2.05. The van der Waals surface area contributed by atoms with Gasteiger partial charge in [0.25, 0.3) is 0 Å². The average molecular weight is 289 g/mol. The molecule has 20 heavy (non-hydrogen) atoms. The number of hydrogen-bond donors (Lipinski definition) is 1. The van der Waals surface area contributed by atoms with E-state index < -0.39 is 0 Å². The molecule has 0 saturated carbocycles. The van der Waals surface area contributed by atoms with E-state index >= 15 is 0 Å². The summed E-state index contributed by atoms with van der Waals surface area (Å²) in [5, 5.41) is 14.2. The van der Waals surface area contributed by atoms with Crippen molar-refractivity contribution >= 4 is 11.3 Å². The van der Waals surface area contributed by atoms with Crippen LogP contribution in [-0.4, -0.2) is 23.3 Å². The van der Waals surface area contributed by atoms with Gasteiger partial charge in [-0.3, -0.25) is 0 Å². The summed E-state index contributed by atoms with van der Waals surface area (Å²) in [7, 11) is 0. The van der Waals surface area contributed by atoms with E-state index in [4.69, 9.17) is 0 Å². The van der Waals surface area contributed by atoms with Gasteiger partial charge in [-0.25, -0.2) is 0 Å². The minimum absolute atomic E-state index is 0.696. The molecule has 0 unspecified atom stereocenters. The van der Waals surface area contributed by atoms with Crippen molar-refractivity contribution in [3.8, 4) is 0 Å². The highest BCUT2D eigenvalue weighted by atomic mass is 32.1. The van der Waals surface area contributed by atoms with Gasteiger partial charge in [0.2, 0.25) is 0 Å². The number of hydrogen-bond acceptors (Lipinski definition) is 4. The molecule has 0 bridgehead atoms. The van der Waals surface area contributed by atoms with E-state index in [2.05, 4.69) is 60.6 Å². The summed E-state index contributed by atoms with van der Waals surface area (Å²) in [4.78, 5) is 0. The first-order valence-corrected chi connectivity index (χ1v) is 8.02. The first-order chi connectivity index (χ1) is 9.63. The van der Waals surface area contributed by atoms with Crippen molar-refractivity contribution in [3.05, 3.63) is 45.4 Å². The average Bonchev–Trinajstić information content (AvgIpc) is 2.85. The zero-order valence-corrected chi connectivity index (χ0v) is 13.3. The maximum Gasteiger partial charge on any atom is 0.121 e. The van der Waals surface area contributed by atoms with Crippen molar-refractivity contribution in [1.29, 1.82) is 0 Å². The van der Waals surface area contributed by atoms with Crippen LogP contribution in [0.4, 0.5) is 0 Å². The molecule has 1 aromatic heterocycles. The number of aromatic nitrogens is 2. The molecule has 1 heterocycles. The van der Waals surface area contributed by atoms with Gasteiger partial charge in [-0.15, -0.1) is 21.5 Å². The lowest BCUT2D eigenvalue weighted by Gasteiger charge is -2.05. The molecule has 2 rings (SSSR count). The van der Waals surface area contributed by atoms with Crippen LogP contribution in [0, 0.1) is 12.8 Å². The molecule has 4 heteroatoms. The normalized spacial score (nSPS) is 11.2. The summed E-state index contributed by atoms with van der Waals surface area (Å²) in [6, 6.07) is 8.63. The van der Waals surface area contributed by atoms with Gasteiger partial charge < -0.3 is 5.32 Å². The van der Waals surface area contributed by atoms with Crippen LogP contribution in [0.15, 0.2) is 24.3 Å². The van der Waals surface area contributed by atoms with Crippen molar-refractivity contribution in [3.63, 3.8) is 0 Å². The first-order valence-electron chi connectivity index (χ1n) is 7.21. The van der Waals surface area contributed by atoms with Gasteiger partial charge in [0.15, 0.2) is 0 Å². The number of benzene rings is 1. The molecule has 0 spiro atoms. The molecule has 108 valence electrons. The number of nitrogens with one attached hydrogen (secondary N) is 1. The fourth-order valence-electron chi connectivity index (χ4n) is 1.93. The lowest BCUT2D eigenvalue weighted by atomic mass is 10.1. The van der Waals surface area contributed by atoms with E-state index in [9.17, 15) is 0 Å². The Kier molecular flexibility index (Phi) is 5.68. The molecule has 0 radical (unpaired) electrons. The molecule has 0 saturated heterocycles. The Labute approximate surface area is 125 Å². The summed E-state index contributed by atoms with van der Waals surface area (Å²) >= 11 is 1.73. The molecule has 3 nitrogen and oxygen atoms in total. The lowest BCUT2D eigenvalue weighted by Crippen LogP contribution is -2.22. The maximum atomic E-state index is 4.29. The van der Waals surface area contributed by atoms with Crippen molar-refractivity contribution in [1.82, 2.24) is 15.5 Å². The summed E-state index contributed by atoms with van der Waals surface area (Å²) in [5.41, 5.74) is 2.60. The van der Waals surface area contributed by atoms with E-state index in [-0.39, 0.29) is 0 Å². The SMILES string of the molecule is Cc1ccc(Cc2nnc(CCNCC(C)C)s2)cc1. The standard InChI is InChI=1S/C16H23N3S/c1-12(2)11-17-9-8-15-18-19-16(20-15)10-14-6-4-13(3)5-7-14/h4-7,12,17H,8-11H2,1-3H3. The van der Waals surface area contributed by atoms with Gasteiger partial charge in [-0.1, -0.05) is 43.7 Å². The summed E-state index contributed by atoms with van der Waals surface area (Å²) in [6.07, 6.45) is 1.86. The van der Waals surface area contributed by atoms with Crippen LogP contribution in [0.1, 0.15) is 35.0 Å². The Morgan fingerprint density at radius 2 is 1.80 bits per heavy atom. The van der Waals surface area contributed by atoms with E-state index in [0.29, 0.717) is 5.92 Å². The smallest absolute Gasteiger partial charge is 0.121 e. The largest absolute Gasteiger partial charge is 0.316 e. The molecule has 0 aliphatic rings. The second-order valence-electron chi connectivity index (χ2n) is 5.60. The molecular weight excluding hydrogens is 266 g/mol. The third kappa shape index (κ3) is 5.02. The second-order valence-corrected chi connectivity index (χ2v) is 6.75. The highest BCUT2D eigenvalue weighted by Crippen LogP contribution is 2.15. The Balaban J connectivity index is 1.81. The quantitative estimate of drug-likeness (QED) is 0.795. The summed E-state index contributed by atoms with van der Waals surface area (Å²) < 4.78 is 0. The number of rotatable bonds is 7. The Hall–Kier alpha value is -1.26. The topological polar surface area (TPSA) is 37.8 Å². The van der Waals surface area contributed by atoms with Crippen LogP contribution >= 0.6 is 11.3 Å². The van der Waals surface area contributed by atoms with E-state index in [1.165, 1.54) is 11.1 Å². The molecule has 1 N–H and O–H groups in total. The Bertz CT molecular complexity index is 517. The zero-order chi connectivity index (χ0) is 14.4. The maximum absolute atomic E-state index is 4.29. The Morgan fingerprint density at radius 3 is 2.50 bits per heavy atom. The molecule has 0 aliphatic heterocycles. The van der Waals surface area contributed by atoms with Gasteiger partial charge in [0.05, 0.1) is 0 Å². The zero-order valence-electron chi connectivity index (χ0n) is 12.5. The minimum Gasteiger partial charge on any atom is -0.316 e. The first kappa shape index (κ1) is 15.1. The van der Waals surface area contributed by atoms with E-state index in [1.807, 2.05) is 0 Å². The highest BCUT2D eigenvalue weighted by molar-refractivity contribution is 7.11. The van der Waals surface area contributed by atoms with Crippen molar-refractivity contribution in [2.75, 3.05) is 13.1 Å². The van der Waals surface area contributed by atoms with Gasteiger partial charge in [-0.2, -0.15) is 0 Å². The third-order valence-corrected chi connectivity index (χ3v) is 4.04. The van der Waals surface area contributed by atoms with Crippen LogP contribution in [0.25, 0.3) is 0 Å². The molecule has 0 fully saturated rings. The molecule has 1 aromatic carbocycles. The van der Waals surface area contributed by atoms with Crippen LogP contribution < -0.4 is 5.32 Å². The fourth-order valence-corrected chi connectivity index (χ4v) is 2.81. The summed E-state index contributed by atoms with van der Waals surface area (Å²) in [6.45, 7) is 8.60. The monoisotopic (exact) mass is 289 g/mol. The molecule has 2 aromatic rings. The molecule has 0 aliphatic carbocycles. The molecule has 0 atom stereocenters. The minimum atomic E-state index is 0.696. The molecule has 0 amide bonds. The van der Waals surface area contributed by atoms with Gasteiger partial charge in [0, 0.05) is 19.4 Å². The van der Waals surface area contributed by atoms with Crippen molar-refractivity contribution in [2.24, 2.45) is 5.92 Å². The third-order valence-electron chi connectivity index (χ3n) is 3.05. The van der Waals surface area contributed by atoms with Gasteiger partial charge in [0.1, 0.15) is 10.0 Å². The second kappa shape index (κ2) is 7.50. The number of aryl methyl sites for hydroxylation is 1. The van der Waals surface area contributed by atoms with Gasteiger partial charge in [-0.05, 0) is 24.9 Å². The Morgan fingerprint density at radius 1 is 1.10 bits per heavy atom. The van der Waals surface area contributed by atoms with Crippen LogP contribution in [-0.2, 0) is 12.8 Å². The van der Waals surface area contributed by atoms with Crippen LogP contribution in [0.5, 0.6) is 0 Å².